The van der Waals surface area contributed by atoms with Gasteiger partial charge in [0.25, 0.3) is 0 Å². The fraction of sp³-hybridized carbons (Fsp3) is 1.00. The number of ether oxygens (including phenoxy) is 1. The molecule has 0 saturated heterocycles. The average Bonchev–Trinajstić information content (AvgIpc) is 2.43. The summed E-state index contributed by atoms with van der Waals surface area (Å²) in [7, 11) is 2.12. The normalized spacial score (nSPS) is 28.5. The van der Waals surface area contributed by atoms with Gasteiger partial charge < -0.3 is 10.1 Å². The summed E-state index contributed by atoms with van der Waals surface area (Å²) in [6, 6.07) is 0.534. The molecule has 1 fully saturated rings. The largest absolute Gasteiger partial charge is 0.374 e. The van der Waals surface area contributed by atoms with Crippen LogP contribution in [0.4, 0.5) is 0 Å². The van der Waals surface area contributed by atoms with Gasteiger partial charge in [0.05, 0.1) is 5.60 Å². The summed E-state index contributed by atoms with van der Waals surface area (Å²) in [5, 5.41) is 3.58. The minimum Gasteiger partial charge on any atom is -0.374 e. The van der Waals surface area contributed by atoms with Crippen LogP contribution >= 0.6 is 0 Å². The van der Waals surface area contributed by atoms with Gasteiger partial charge in [-0.15, -0.1) is 0 Å². The van der Waals surface area contributed by atoms with Crippen LogP contribution in [-0.4, -0.2) is 25.3 Å². The van der Waals surface area contributed by atoms with E-state index in [-0.39, 0.29) is 5.60 Å². The lowest BCUT2D eigenvalue weighted by Crippen LogP contribution is -2.54. The van der Waals surface area contributed by atoms with E-state index in [1.165, 1.54) is 64.2 Å². The fourth-order valence-electron chi connectivity index (χ4n) is 4.00. The van der Waals surface area contributed by atoms with Crippen LogP contribution in [0.1, 0.15) is 85.0 Å². The second kappa shape index (κ2) is 9.78. The summed E-state index contributed by atoms with van der Waals surface area (Å²) in [6.07, 6.45) is 13.3. The molecule has 20 heavy (non-hydrogen) atoms. The number of likely N-dealkylation sites (N-methyl/N-ethyl adjacent to an activating group) is 1. The van der Waals surface area contributed by atoms with Crippen LogP contribution in [0.2, 0.25) is 0 Å². The molecule has 2 heteroatoms. The molecule has 0 aromatic carbocycles. The molecule has 0 radical (unpaired) electrons. The third kappa shape index (κ3) is 5.37. The topological polar surface area (TPSA) is 21.3 Å². The first kappa shape index (κ1) is 18.0. The first-order valence-corrected chi connectivity index (χ1v) is 8.99. The minimum absolute atomic E-state index is 0.103. The maximum Gasteiger partial charge on any atom is 0.0837 e. The maximum atomic E-state index is 6.31. The monoisotopic (exact) mass is 283 g/mol. The first-order valence-electron chi connectivity index (χ1n) is 8.99. The highest BCUT2D eigenvalue weighted by Gasteiger charge is 2.41. The van der Waals surface area contributed by atoms with Crippen LogP contribution in [-0.2, 0) is 4.74 Å². The van der Waals surface area contributed by atoms with Crippen LogP contribution in [0.15, 0.2) is 0 Å². The molecule has 0 spiro atoms. The quantitative estimate of drug-likeness (QED) is 0.575. The summed E-state index contributed by atoms with van der Waals surface area (Å²) in [4.78, 5) is 0. The van der Waals surface area contributed by atoms with Gasteiger partial charge in [-0.1, -0.05) is 58.8 Å². The molecule has 1 aliphatic carbocycles. The van der Waals surface area contributed by atoms with E-state index in [0.717, 1.165) is 12.5 Å². The van der Waals surface area contributed by atoms with Crippen LogP contribution in [0.25, 0.3) is 0 Å². The zero-order valence-electron chi connectivity index (χ0n) is 14.3. The third-order valence-corrected chi connectivity index (χ3v) is 5.00. The van der Waals surface area contributed by atoms with Crippen LogP contribution in [0.3, 0.4) is 0 Å². The second-order valence-electron chi connectivity index (χ2n) is 6.74. The van der Waals surface area contributed by atoms with E-state index in [1.807, 2.05) is 0 Å². The molecule has 0 aromatic heterocycles. The summed E-state index contributed by atoms with van der Waals surface area (Å²) >= 11 is 0. The van der Waals surface area contributed by atoms with Crippen molar-refractivity contribution in [3.05, 3.63) is 0 Å². The molecule has 0 heterocycles. The lowest BCUT2D eigenvalue weighted by atomic mass is 9.73. The molecule has 2 nitrogen and oxygen atoms in total. The molecular formula is C18H37NO. The third-order valence-electron chi connectivity index (χ3n) is 5.00. The summed E-state index contributed by atoms with van der Waals surface area (Å²) in [5.41, 5.74) is 0.103. The van der Waals surface area contributed by atoms with Crippen molar-refractivity contribution >= 4 is 0 Å². The van der Waals surface area contributed by atoms with Gasteiger partial charge in [-0.3, -0.25) is 0 Å². The Bertz CT molecular complexity index is 240. The second-order valence-corrected chi connectivity index (χ2v) is 6.74. The smallest absolute Gasteiger partial charge is 0.0837 e. The Morgan fingerprint density at radius 2 is 1.95 bits per heavy atom. The van der Waals surface area contributed by atoms with Gasteiger partial charge in [0.1, 0.15) is 0 Å². The van der Waals surface area contributed by atoms with Gasteiger partial charge in [0.2, 0.25) is 0 Å². The number of hydrogen-bond donors (Lipinski definition) is 1. The Labute approximate surface area is 127 Å². The Hall–Kier alpha value is -0.0800. The zero-order chi connectivity index (χ0) is 14.8. The summed E-state index contributed by atoms with van der Waals surface area (Å²) < 4.78 is 6.31. The molecule has 3 unspecified atom stereocenters. The van der Waals surface area contributed by atoms with E-state index in [4.69, 9.17) is 4.74 Å². The molecule has 0 aromatic rings. The Morgan fingerprint density at radius 3 is 2.55 bits per heavy atom. The van der Waals surface area contributed by atoms with Crippen LogP contribution < -0.4 is 5.32 Å². The highest BCUT2D eigenvalue weighted by atomic mass is 16.5. The number of hydrogen-bond acceptors (Lipinski definition) is 2. The standard InChI is InChI=1S/C18H37NO/c1-5-7-8-9-10-13-17(19-4)18(20-6-2)14-11-12-16(3)15-18/h16-17,19H,5-15H2,1-4H3. The molecule has 1 rings (SSSR count). The number of nitrogens with one attached hydrogen (secondary N) is 1. The maximum absolute atomic E-state index is 6.31. The van der Waals surface area contributed by atoms with Crippen molar-refractivity contribution in [3.63, 3.8) is 0 Å². The van der Waals surface area contributed by atoms with Crippen molar-refractivity contribution in [1.29, 1.82) is 0 Å². The van der Waals surface area contributed by atoms with Crippen molar-refractivity contribution in [2.24, 2.45) is 5.92 Å². The van der Waals surface area contributed by atoms with Gasteiger partial charge in [-0.2, -0.15) is 0 Å². The highest BCUT2D eigenvalue weighted by molar-refractivity contribution is 4.96. The molecule has 1 aliphatic rings. The predicted octanol–water partition coefficient (Wildman–Crippen LogP) is 4.92. The summed E-state index contributed by atoms with van der Waals surface area (Å²) in [5.74, 6) is 0.811. The lowest BCUT2D eigenvalue weighted by molar-refractivity contribution is -0.101. The Balaban J connectivity index is 2.52. The van der Waals surface area contributed by atoms with E-state index in [2.05, 4.69) is 33.1 Å². The summed E-state index contributed by atoms with van der Waals surface area (Å²) in [6.45, 7) is 7.67. The Kier molecular flexibility index (Phi) is 8.79. The fourth-order valence-corrected chi connectivity index (χ4v) is 4.00. The zero-order valence-corrected chi connectivity index (χ0v) is 14.3. The molecule has 3 atom stereocenters. The van der Waals surface area contributed by atoms with Crippen molar-refractivity contribution in [1.82, 2.24) is 5.32 Å². The number of unbranched alkanes of at least 4 members (excludes halogenated alkanes) is 4. The van der Waals surface area contributed by atoms with Crippen LogP contribution in [0, 0.1) is 5.92 Å². The first-order chi connectivity index (χ1) is 9.68. The molecule has 1 saturated carbocycles. The molecule has 0 bridgehead atoms. The molecular weight excluding hydrogens is 246 g/mol. The Morgan fingerprint density at radius 1 is 1.20 bits per heavy atom. The van der Waals surface area contributed by atoms with Crippen LogP contribution in [0.5, 0.6) is 0 Å². The van der Waals surface area contributed by atoms with Crippen molar-refractivity contribution in [2.45, 2.75) is 96.6 Å². The predicted molar refractivity (Wildman–Crippen MR) is 88.2 cm³/mol. The minimum atomic E-state index is 0.103. The van der Waals surface area contributed by atoms with E-state index >= 15 is 0 Å². The van der Waals surface area contributed by atoms with Gasteiger partial charge in [-0.25, -0.2) is 0 Å². The van der Waals surface area contributed by atoms with E-state index in [0.29, 0.717) is 6.04 Å². The molecule has 0 aliphatic heterocycles. The van der Waals surface area contributed by atoms with Gasteiger partial charge in [0, 0.05) is 12.6 Å². The van der Waals surface area contributed by atoms with Crippen molar-refractivity contribution < 1.29 is 4.74 Å². The number of rotatable bonds is 10. The van der Waals surface area contributed by atoms with E-state index < -0.39 is 0 Å². The molecule has 120 valence electrons. The van der Waals surface area contributed by atoms with Gasteiger partial charge in [0.15, 0.2) is 0 Å². The highest BCUT2D eigenvalue weighted by Crippen LogP contribution is 2.39. The molecule has 0 amide bonds. The van der Waals surface area contributed by atoms with Crippen molar-refractivity contribution in [2.75, 3.05) is 13.7 Å². The SMILES string of the molecule is CCCCCCCC(NC)C1(OCC)CCCC(C)C1. The van der Waals surface area contributed by atoms with Gasteiger partial charge >= 0.3 is 0 Å². The van der Waals surface area contributed by atoms with Gasteiger partial charge in [-0.05, 0) is 39.2 Å². The van der Waals surface area contributed by atoms with Crippen molar-refractivity contribution in [3.8, 4) is 0 Å². The average molecular weight is 284 g/mol. The molecule has 1 N–H and O–H groups in total. The van der Waals surface area contributed by atoms with E-state index in [9.17, 15) is 0 Å². The van der Waals surface area contributed by atoms with E-state index in [1.54, 1.807) is 0 Å². The lowest BCUT2D eigenvalue weighted by Gasteiger charge is -2.45.